The third-order valence-electron chi connectivity index (χ3n) is 3.50. The van der Waals surface area contributed by atoms with E-state index in [9.17, 15) is 4.79 Å². The highest BCUT2D eigenvalue weighted by Gasteiger charge is 2.34. The maximum absolute atomic E-state index is 11.5. The van der Waals surface area contributed by atoms with E-state index in [1.807, 2.05) is 0 Å². The Morgan fingerprint density at radius 2 is 1.88 bits per heavy atom. The summed E-state index contributed by atoms with van der Waals surface area (Å²) in [4.78, 5) is 11.5. The van der Waals surface area contributed by atoms with Gasteiger partial charge < -0.3 is 10.6 Å². The molecule has 102 valence electrons. The summed E-state index contributed by atoms with van der Waals surface area (Å²) in [5, 5.41) is 5.95. The smallest absolute Gasteiger partial charge is 0.233 e. The SMILES string of the molecule is CNCC(=O)NCC1(CC(C)C)CCCC1.Cl. The zero-order valence-corrected chi connectivity index (χ0v) is 12.2. The van der Waals surface area contributed by atoms with Gasteiger partial charge in [-0.15, -0.1) is 12.4 Å². The molecule has 0 aromatic heterocycles. The van der Waals surface area contributed by atoms with Crippen molar-refractivity contribution in [1.82, 2.24) is 10.6 Å². The minimum Gasteiger partial charge on any atom is -0.354 e. The summed E-state index contributed by atoms with van der Waals surface area (Å²) in [6, 6.07) is 0. The predicted octanol–water partition coefficient (Wildman–Crippen LogP) is 2.35. The van der Waals surface area contributed by atoms with Gasteiger partial charge in [-0.3, -0.25) is 4.79 Å². The van der Waals surface area contributed by atoms with Crippen molar-refractivity contribution in [1.29, 1.82) is 0 Å². The molecule has 0 heterocycles. The molecule has 0 radical (unpaired) electrons. The highest BCUT2D eigenvalue weighted by molar-refractivity contribution is 5.85. The molecule has 4 heteroatoms. The fourth-order valence-corrected chi connectivity index (χ4v) is 2.95. The maximum atomic E-state index is 11.5. The van der Waals surface area contributed by atoms with E-state index in [-0.39, 0.29) is 18.3 Å². The summed E-state index contributed by atoms with van der Waals surface area (Å²) in [6.07, 6.45) is 6.46. The molecule has 1 aliphatic carbocycles. The van der Waals surface area contributed by atoms with Crippen molar-refractivity contribution in [2.24, 2.45) is 11.3 Å². The van der Waals surface area contributed by atoms with Crippen LogP contribution in [0.5, 0.6) is 0 Å². The molecule has 0 spiro atoms. The summed E-state index contributed by atoms with van der Waals surface area (Å²) < 4.78 is 0. The number of carbonyl (C=O) groups excluding carboxylic acids is 1. The molecule has 1 fully saturated rings. The molecule has 17 heavy (non-hydrogen) atoms. The van der Waals surface area contributed by atoms with Gasteiger partial charge in [-0.25, -0.2) is 0 Å². The van der Waals surface area contributed by atoms with Gasteiger partial charge in [0.15, 0.2) is 0 Å². The normalized spacial score (nSPS) is 17.9. The first kappa shape index (κ1) is 16.7. The average molecular weight is 263 g/mol. The van der Waals surface area contributed by atoms with E-state index in [4.69, 9.17) is 0 Å². The summed E-state index contributed by atoms with van der Waals surface area (Å²) in [5.41, 5.74) is 0.386. The Bertz CT molecular complexity index is 225. The average Bonchev–Trinajstić information content (AvgIpc) is 2.64. The van der Waals surface area contributed by atoms with Crippen molar-refractivity contribution >= 4 is 18.3 Å². The fraction of sp³-hybridized carbons (Fsp3) is 0.923. The van der Waals surface area contributed by atoms with Crippen molar-refractivity contribution in [3.05, 3.63) is 0 Å². The van der Waals surface area contributed by atoms with Gasteiger partial charge in [0.25, 0.3) is 0 Å². The van der Waals surface area contributed by atoms with Crippen LogP contribution < -0.4 is 10.6 Å². The molecule has 0 atom stereocenters. The quantitative estimate of drug-likeness (QED) is 0.772. The molecule has 0 aliphatic heterocycles. The predicted molar refractivity (Wildman–Crippen MR) is 74.5 cm³/mol. The van der Waals surface area contributed by atoms with E-state index < -0.39 is 0 Å². The van der Waals surface area contributed by atoms with Gasteiger partial charge in [0, 0.05) is 6.54 Å². The lowest BCUT2D eigenvalue weighted by Crippen LogP contribution is -2.40. The number of likely N-dealkylation sites (N-methyl/N-ethyl adjacent to an activating group) is 1. The lowest BCUT2D eigenvalue weighted by Gasteiger charge is -2.31. The van der Waals surface area contributed by atoms with Gasteiger partial charge in [0.2, 0.25) is 5.91 Å². The molecule has 0 unspecified atom stereocenters. The van der Waals surface area contributed by atoms with E-state index in [1.54, 1.807) is 7.05 Å². The first-order chi connectivity index (χ1) is 7.58. The zero-order chi connectivity index (χ0) is 12.0. The van der Waals surface area contributed by atoms with Crippen LogP contribution in [0.3, 0.4) is 0 Å². The minimum atomic E-state index is 0. The molecule has 0 saturated heterocycles. The molecule has 0 aromatic rings. The summed E-state index contributed by atoms with van der Waals surface area (Å²) in [5.74, 6) is 0.844. The monoisotopic (exact) mass is 262 g/mol. The van der Waals surface area contributed by atoms with E-state index in [2.05, 4.69) is 24.5 Å². The Labute approximate surface area is 112 Å². The lowest BCUT2D eigenvalue weighted by atomic mass is 9.78. The molecule has 0 bridgehead atoms. The van der Waals surface area contributed by atoms with Crippen molar-refractivity contribution < 1.29 is 4.79 Å². The van der Waals surface area contributed by atoms with Crippen LogP contribution in [-0.2, 0) is 4.79 Å². The largest absolute Gasteiger partial charge is 0.354 e. The van der Waals surface area contributed by atoms with Crippen molar-refractivity contribution in [3.8, 4) is 0 Å². The molecule has 0 aromatic carbocycles. The third-order valence-corrected chi connectivity index (χ3v) is 3.50. The van der Waals surface area contributed by atoms with Gasteiger partial charge >= 0.3 is 0 Å². The number of rotatable bonds is 6. The topological polar surface area (TPSA) is 41.1 Å². The van der Waals surface area contributed by atoms with Crippen LogP contribution in [0.2, 0.25) is 0 Å². The van der Waals surface area contributed by atoms with Gasteiger partial charge in [0.1, 0.15) is 0 Å². The Balaban J connectivity index is 0.00000256. The Morgan fingerprint density at radius 1 is 1.29 bits per heavy atom. The highest BCUT2D eigenvalue weighted by Crippen LogP contribution is 2.42. The van der Waals surface area contributed by atoms with Gasteiger partial charge in [-0.2, -0.15) is 0 Å². The number of amides is 1. The van der Waals surface area contributed by atoms with Crippen molar-refractivity contribution in [2.75, 3.05) is 20.1 Å². The van der Waals surface area contributed by atoms with Gasteiger partial charge in [0.05, 0.1) is 6.54 Å². The van der Waals surface area contributed by atoms with E-state index >= 15 is 0 Å². The van der Waals surface area contributed by atoms with Crippen LogP contribution in [0.15, 0.2) is 0 Å². The van der Waals surface area contributed by atoms with E-state index in [1.165, 1.54) is 32.1 Å². The fourth-order valence-electron chi connectivity index (χ4n) is 2.95. The van der Waals surface area contributed by atoms with Crippen LogP contribution in [0, 0.1) is 11.3 Å². The molecule has 1 amide bonds. The number of hydrogen-bond donors (Lipinski definition) is 2. The van der Waals surface area contributed by atoms with Crippen LogP contribution in [0.25, 0.3) is 0 Å². The molecular formula is C13H27ClN2O. The van der Waals surface area contributed by atoms with Gasteiger partial charge in [-0.1, -0.05) is 26.7 Å². The Kier molecular flexibility index (Phi) is 7.80. The number of nitrogens with one attached hydrogen (secondary N) is 2. The van der Waals surface area contributed by atoms with E-state index in [0.29, 0.717) is 12.0 Å². The molecule has 1 aliphatic rings. The van der Waals surface area contributed by atoms with Crippen LogP contribution >= 0.6 is 12.4 Å². The number of hydrogen-bond acceptors (Lipinski definition) is 2. The third kappa shape index (κ3) is 5.73. The van der Waals surface area contributed by atoms with E-state index in [0.717, 1.165) is 12.5 Å². The number of halogens is 1. The molecular weight excluding hydrogens is 236 g/mol. The van der Waals surface area contributed by atoms with Crippen LogP contribution in [0.1, 0.15) is 46.0 Å². The zero-order valence-electron chi connectivity index (χ0n) is 11.3. The molecule has 3 nitrogen and oxygen atoms in total. The first-order valence-corrected chi connectivity index (χ1v) is 6.49. The standard InChI is InChI=1S/C13H26N2O.ClH/c1-11(2)8-13(6-4-5-7-13)10-15-12(16)9-14-3;/h11,14H,4-10H2,1-3H3,(H,15,16);1H. The Morgan fingerprint density at radius 3 is 2.35 bits per heavy atom. The molecule has 1 saturated carbocycles. The lowest BCUT2D eigenvalue weighted by molar-refractivity contribution is -0.120. The maximum Gasteiger partial charge on any atom is 0.233 e. The van der Waals surface area contributed by atoms with Crippen LogP contribution in [-0.4, -0.2) is 26.0 Å². The van der Waals surface area contributed by atoms with Crippen LogP contribution in [0.4, 0.5) is 0 Å². The van der Waals surface area contributed by atoms with Crippen molar-refractivity contribution in [2.45, 2.75) is 46.0 Å². The van der Waals surface area contributed by atoms with Gasteiger partial charge in [-0.05, 0) is 37.6 Å². The summed E-state index contributed by atoms with van der Waals surface area (Å²) >= 11 is 0. The second-order valence-electron chi connectivity index (χ2n) is 5.61. The second-order valence-corrected chi connectivity index (χ2v) is 5.61. The second kappa shape index (κ2) is 7.93. The summed E-state index contributed by atoms with van der Waals surface area (Å²) in [7, 11) is 1.80. The first-order valence-electron chi connectivity index (χ1n) is 6.49. The summed E-state index contributed by atoms with van der Waals surface area (Å²) in [6.45, 7) is 5.84. The highest BCUT2D eigenvalue weighted by atomic mass is 35.5. The molecule has 2 N–H and O–H groups in total. The molecule has 1 rings (SSSR count). The Hall–Kier alpha value is -0.280. The minimum absolute atomic E-state index is 0. The number of carbonyl (C=O) groups is 1. The van der Waals surface area contributed by atoms with Crippen molar-refractivity contribution in [3.63, 3.8) is 0 Å².